The van der Waals surface area contributed by atoms with E-state index in [9.17, 15) is 4.79 Å². The van der Waals surface area contributed by atoms with Crippen LogP contribution in [0.4, 0.5) is 0 Å². The lowest BCUT2D eigenvalue weighted by molar-refractivity contribution is -0.121. The molecule has 1 N–H and O–H groups in total. The van der Waals surface area contributed by atoms with Gasteiger partial charge in [0.2, 0.25) is 5.91 Å². The zero-order valence-corrected chi connectivity index (χ0v) is 15.5. The Kier molecular flexibility index (Phi) is 5.52. The summed E-state index contributed by atoms with van der Waals surface area (Å²) in [5.74, 6) is 1.31. The van der Waals surface area contributed by atoms with E-state index >= 15 is 0 Å². The second-order valence-corrected chi connectivity index (χ2v) is 6.63. The average molecular weight is 348 g/mol. The number of rotatable bonds is 6. The fraction of sp³-hybridized carbons (Fsp3) is 0.273. The molecule has 0 aliphatic heterocycles. The van der Waals surface area contributed by atoms with E-state index in [1.165, 1.54) is 11.1 Å². The summed E-state index contributed by atoms with van der Waals surface area (Å²) >= 11 is 0. The number of benzene rings is 2. The van der Waals surface area contributed by atoms with Crippen LogP contribution in [0, 0.1) is 13.8 Å². The molecule has 3 rings (SSSR count). The van der Waals surface area contributed by atoms with Crippen molar-refractivity contribution >= 4 is 5.91 Å². The van der Waals surface area contributed by atoms with Gasteiger partial charge in [0.1, 0.15) is 0 Å². The van der Waals surface area contributed by atoms with Crippen molar-refractivity contribution in [3.8, 4) is 11.3 Å². The number of nitrogens with zero attached hydrogens (tertiary/aromatic N) is 1. The Morgan fingerprint density at radius 2 is 1.92 bits per heavy atom. The van der Waals surface area contributed by atoms with Gasteiger partial charge in [-0.3, -0.25) is 4.79 Å². The molecular formula is C22H24N2O2. The molecule has 0 saturated carbocycles. The highest BCUT2D eigenvalue weighted by atomic mass is 16.4. The normalized spacial score (nSPS) is 12.0. The van der Waals surface area contributed by atoms with Crippen LogP contribution in [0.3, 0.4) is 0 Å². The fourth-order valence-corrected chi connectivity index (χ4v) is 3.00. The van der Waals surface area contributed by atoms with Crippen LogP contribution in [0.15, 0.2) is 59.1 Å². The Labute approximate surface area is 154 Å². The number of nitrogens with one attached hydrogen (secondary N) is 1. The Morgan fingerprint density at radius 1 is 1.15 bits per heavy atom. The highest BCUT2D eigenvalue weighted by Crippen LogP contribution is 2.21. The summed E-state index contributed by atoms with van der Waals surface area (Å²) in [4.78, 5) is 16.6. The van der Waals surface area contributed by atoms with Crippen molar-refractivity contribution in [3.63, 3.8) is 0 Å². The van der Waals surface area contributed by atoms with Gasteiger partial charge in [0.15, 0.2) is 11.7 Å². The van der Waals surface area contributed by atoms with E-state index < -0.39 is 0 Å². The van der Waals surface area contributed by atoms with Crippen LogP contribution < -0.4 is 5.32 Å². The second-order valence-electron chi connectivity index (χ2n) is 6.63. The van der Waals surface area contributed by atoms with Crippen LogP contribution in [-0.2, 0) is 11.2 Å². The first kappa shape index (κ1) is 17.9. The van der Waals surface area contributed by atoms with Gasteiger partial charge in [-0.15, -0.1) is 0 Å². The molecule has 0 bridgehead atoms. The zero-order valence-electron chi connectivity index (χ0n) is 15.5. The van der Waals surface area contributed by atoms with E-state index in [0.29, 0.717) is 18.7 Å². The molecule has 0 fully saturated rings. The third-order valence-electron chi connectivity index (χ3n) is 4.46. The van der Waals surface area contributed by atoms with Crippen LogP contribution in [0.1, 0.15) is 42.0 Å². The molecule has 4 heteroatoms. The molecule has 1 aromatic heterocycles. The second kappa shape index (κ2) is 8.00. The summed E-state index contributed by atoms with van der Waals surface area (Å²) in [5.41, 5.74) is 4.52. The third-order valence-corrected chi connectivity index (χ3v) is 4.46. The number of carbonyl (C=O) groups excluding carboxylic acids is 1. The van der Waals surface area contributed by atoms with E-state index in [-0.39, 0.29) is 11.9 Å². The Balaban J connectivity index is 1.56. The molecule has 0 aliphatic rings. The van der Waals surface area contributed by atoms with Crippen molar-refractivity contribution in [1.29, 1.82) is 0 Å². The van der Waals surface area contributed by atoms with E-state index in [1.807, 2.05) is 37.3 Å². The molecule has 0 spiro atoms. The average Bonchev–Trinajstić information content (AvgIpc) is 3.12. The molecule has 0 saturated heterocycles. The molecule has 2 aromatic carbocycles. The van der Waals surface area contributed by atoms with Gasteiger partial charge in [0.25, 0.3) is 0 Å². The maximum atomic E-state index is 12.3. The summed E-state index contributed by atoms with van der Waals surface area (Å²) in [5, 5.41) is 3.06. The minimum absolute atomic E-state index is 0.00197. The maximum Gasteiger partial charge on any atom is 0.220 e. The molecule has 0 unspecified atom stereocenters. The van der Waals surface area contributed by atoms with Crippen molar-refractivity contribution < 1.29 is 9.21 Å². The smallest absolute Gasteiger partial charge is 0.220 e. The lowest BCUT2D eigenvalue weighted by Gasteiger charge is -2.17. The molecule has 0 aliphatic carbocycles. The van der Waals surface area contributed by atoms with E-state index in [2.05, 4.69) is 42.3 Å². The van der Waals surface area contributed by atoms with Crippen LogP contribution in [0.2, 0.25) is 0 Å². The van der Waals surface area contributed by atoms with Crippen LogP contribution in [-0.4, -0.2) is 10.9 Å². The lowest BCUT2D eigenvalue weighted by Crippen LogP contribution is -2.27. The standard InChI is InChI=1S/C22H24N2O2/c1-15-9-10-16(2)19(13-15)17(3)24-21(25)11-12-22-23-14-20(26-22)18-7-5-4-6-8-18/h4-10,13-14,17H,11-12H2,1-3H3,(H,24,25)/t17-/m0/s1. The topological polar surface area (TPSA) is 55.1 Å². The molecule has 0 radical (unpaired) electrons. The minimum atomic E-state index is -0.0214. The molecule has 134 valence electrons. The van der Waals surface area contributed by atoms with Crippen LogP contribution in [0.25, 0.3) is 11.3 Å². The monoisotopic (exact) mass is 348 g/mol. The Hall–Kier alpha value is -2.88. The number of carbonyl (C=O) groups is 1. The summed E-state index contributed by atoms with van der Waals surface area (Å²) in [6.45, 7) is 6.14. The highest BCUT2D eigenvalue weighted by molar-refractivity contribution is 5.76. The number of hydrogen-bond acceptors (Lipinski definition) is 3. The number of oxazole rings is 1. The van der Waals surface area contributed by atoms with Gasteiger partial charge < -0.3 is 9.73 Å². The Morgan fingerprint density at radius 3 is 2.69 bits per heavy atom. The molecule has 3 aromatic rings. The predicted octanol–water partition coefficient (Wildman–Crippen LogP) is 4.77. The van der Waals surface area contributed by atoms with Crippen molar-refractivity contribution in [2.45, 2.75) is 39.7 Å². The van der Waals surface area contributed by atoms with Crippen molar-refractivity contribution in [2.24, 2.45) is 0 Å². The number of amides is 1. The minimum Gasteiger partial charge on any atom is -0.441 e. The first-order valence-corrected chi connectivity index (χ1v) is 8.89. The SMILES string of the molecule is Cc1ccc(C)c([C@H](C)NC(=O)CCc2ncc(-c3ccccc3)o2)c1. The van der Waals surface area contributed by atoms with E-state index in [0.717, 1.165) is 16.9 Å². The van der Waals surface area contributed by atoms with E-state index in [4.69, 9.17) is 4.42 Å². The summed E-state index contributed by atoms with van der Waals surface area (Å²) < 4.78 is 5.75. The molecule has 26 heavy (non-hydrogen) atoms. The number of hydrogen-bond donors (Lipinski definition) is 1. The largest absolute Gasteiger partial charge is 0.441 e. The maximum absolute atomic E-state index is 12.3. The van der Waals surface area contributed by atoms with Crippen molar-refractivity contribution in [1.82, 2.24) is 10.3 Å². The van der Waals surface area contributed by atoms with Gasteiger partial charge in [-0.05, 0) is 31.9 Å². The first-order valence-electron chi connectivity index (χ1n) is 8.89. The number of aromatic nitrogens is 1. The summed E-state index contributed by atoms with van der Waals surface area (Å²) in [7, 11) is 0. The van der Waals surface area contributed by atoms with E-state index in [1.54, 1.807) is 6.20 Å². The molecular weight excluding hydrogens is 324 g/mol. The third kappa shape index (κ3) is 4.39. The van der Waals surface area contributed by atoms with Crippen molar-refractivity contribution in [3.05, 3.63) is 77.3 Å². The summed E-state index contributed by atoms with van der Waals surface area (Å²) in [6, 6.07) is 16.1. The van der Waals surface area contributed by atoms with Gasteiger partial charge in [0, 0.05) is 18.4 Å². The number of aryl methyl sites for hydroxylation is 3. The summed E-state index contributed by atoms with van der Waals surface area (Å²) in [6.07, 6.45) is 2.55. The van der Waals surface area contributed by atoms with Gasteiger partial charge in [-0.25, -0.2) is 4.98 Å². The zero-order chi connectivity index (χ0) is 18.5. The fourth-order valence-electron chi connectivity index (χ4n) is 3.00. The van der Waals surface area contributed by atoms with Gasteiger partial charge >= 0.3 is 0 Å². The van der Waals surface area contributed by atoms with Gasteiger partial charge in [-0.1, -0.05) is 54.1 Å². The van der Waals surface area contributed by atoms with Gasteiger partial charge in [0.05, 0.1) is 12.2 Å². The quantitative estimate of drug-likeness (QED) is 0.698. The van der Waals surface area contributed by atoms with Crippen LogP contribution in [0.5, 0.6) is 0 Å². The van der Waals surface area contributed by atoms with Crippen molar-refractivity contribution in [2.75, 3.05) is 0 Å². The van der Waals surface area contributed by atoms with Gasteiger partial charge in [-0.2, -0.15) is 0 Å². The molecule has 4 nitrogen and oxygen atoms in total. The molecule has 1 amide bonds. The predicted molar refractivity (Wildman–Crippen MR) is 103 cm³/mol. The molecule has 1 atom stereocenters. The lowest BCUT2D eigenvalue weighted by atomic mass is 10.00. The Bertz CT molecular complexity index is 884. The molecule has 1 heterocycles. The first-order chi connectivity index (χ1) is 12.5. The highest BCUT2D eigenvalue weighted by Gasteiger charge is 2.13. The van der Waals surface area contributed by atoms with Crippen LogP contribution >= 0.6 is 0 Å².